The van der Waals surface area contributed by atoms with Crippen molar-refractivity contribution in [2.75, 3.05) is 38.1 Å². The van der Waals surface area contributed by atoms with E-state index in [1.807, 2.05) is 0 Å². The topological polar surface area (TPSA) is 49.3 Å². The molecule has 5 nitrogen and oxygen atoms in total. The molecule has 1 aliphatic heterocycles. The van der Waals surface area contributed by atoms with Crippen LogP contribution in [0.1, 0.15) is 17.3 Å². The molecule has 0 spiro atoms. The van der Waals surface area contributed by atoms with Crippen LogP contribution in [-0.4, -0.2) is 53.9 Å². The lowest BCUT2D eigenvalue weighted by Crippen LogP contribution is -2.45. The Balaban J connectivity index is 2.23. The standard InChI is InChI=1S/C11H16N4O/c1-9(16)10-7-12-8-13-11(10)15-5-3-14(2)4-6-15/h7-8H,3-6H2,1-2H3. The second kappa shape index (κ2) is 4.57. The zero-order valence-electron chi connectivity index (χ0n) is 9.68. The van der Waals surface area contributed by atoms with Crippen LogP contribution in [0.4, 0.5) is 5.82 Å². The molecule has 1 aliphatic rings. The van der Waals surface area contributed by atoms with Gasteiger partial charge in [-0.1, -0.05) is 0 Å². The molecule has 0 bridgehead atoms. The van der Waals surface area contributed by atoms with E-state index in [1.165, 1.54) is 6.33 Å². The summed E-state index contributed by atoms with van der Waals surface area (Å²) in [4.78, 5) is 24.0. The summed E-state index contributed by atoms with van der Waals surface area (Å²) in [5.41, 5.74) is 0.618. The molecule has 1 aromatic rings. The maximum Gasteiger partial charge on any atom is 0.165 e. The zero-order chi connectivity index (χ0) is 11.5. The summed E-state index contributed by atoms with van der Waals surface area (Å²) in [6.07, 6.45) is 3.10. The van der Waals surface area contributed by atoms with E-state index in [0.717, 1.165) is 32.0 Å². The average molecular weight is 220 g/mol. The zero-order valence-corrected chi connectivity index (χ0v) is 9.68. The maximum absolute atomic E-state index is 11.5. The highest BCUT2D eigenvalue weighted by atomic mass is 16.1. The quantitative estimate of drug-likeness (QED) is 0.676. The van der Waals surface area contributed by atoms with Gasteiger partial charge in [0.15, 0.2) is 5.78 Å². The van der Waals surface area contributed by atoms with Crippen molar-refractivity contribution in [3.8, 4) is 0 Å². The fourth-order valence-electron chi connectivity index (χ4n) is 1.84. The van der Waals surface area contributed by atoms with Crippen LogP contribution in [0, 0.1) is 0 Å². The van der Waals surface area contributed by atoms with Crippen molar-refractivity contribution in [1.29, 1.82) is 0 Å². The van der Waals surface area contributed by atoms with Crippen LogP contribution in [0.3, 0.4) is 0 Å². The van der Waals surface area contributed by atoms with E-state index in [1.54, 1.807) is 13.1 Å². The minimum absolute atomic E-state index is 0.0227. The van der Waals surface area contributed by atoms with E-state index in [-0.39, 0.29) is 5.78 Å². The number of Topliss-reactive ketones (excluding diaryl/α,β-unsaturated/α-hetero) is 1. The van der Waals surface area contributed by atoms with Crippen LogP contribution in [0.2, 0.25) is 0 Å². The van der Waals surface area contributed by atoms with Crippen molar-refractivity contribution in [2.45, 2.75) is 6.92 Å². The molecule has 86 valence electrons. The van der Waals surface area contributed by atoms with Gasteiger partial charge >= 0.3 is 0 Å². The molecule has 0 aromatic carbocycles. The SMILES string of the molecule is CC(=O)c1cncnc1N1CCN(C)CC1. The van der Waals surface area contributed by atoms with Crippen LogP contribution in [-0.2, 0) is 0 Å². The molecule has 0 aliphatic carbocycles. The highest BCUT2D eigenvalue weighted by Crippen LogP contribution is 2.17. The van der Waals surface area contributed by atoms with Gasteiger partial charge in [-0.2, -0.15) is 0 Å². The van der Waals surface area contributed by atoms with E-state index in [2.05, 4.69) is 26.8 Å². The number of anilines is 1. The molecule has 0 unspecified atom stereocenters. The van der Waals surface area contributed by atoms with E-state index < -0.39 is 0 Å². The predicted octanol–water partition coefficient (Wildman–Crippen LogP) is 0.431. The summed E-state index contributed by atoms with van der Waals surface area (Å²) in [5, 5.41) is 0. The summed E-state index contributed by atoms with van der Waals surface area (Å²) in [7, 11) is 2.10. The van der Waals surface area contributed by atoms with Gasteiger partial charge in [0, 0.05) is 32.4 Å². The van der Waals surface area contributed by atoms with Gasteiger partial charge in [-0.25, -0.2) is 9.97 Å². The number of hydrogen-bond acceptors (Lipinski definition) is 5. The molecule has 2 rings (SSSR count). The van der Waals surface area contributed by atoms with Gasteiger partial charge in [0.05, 0.1) is 5.56 Å². The number of rotatable bonds is 2. The number of nitrogens with zero attached hydrogens (tertiary/aromatic N) is 4. The van der Waals surface area contributed by atoms with Crippen molar-refractivity contribution in [3.63, 3.8) is 0 Å². The smallest absolute Gasteiger partial charge is 0.165 e. The first kappa shape index (κ1) is 11.0. The molecule has 0 radical (unpaired) electrons. The second-order valence-electron chi connectivity index (χ2n) is 4.11. The van der Waals surface area contributed by atoms with Crippen LogP contribution < -0.4 is 4.90 Å². The van der Waals surface area contributed by atoms with Gasteiger partial charge in [0.1, 0.15) is 12.1 Å². The Morgan fingerprint density at radius 1 is 1.31 bits per heavy atom. The van der Waals surface area contributed by atoms with Gasteiger partial charge in [0.25, 0.3) is 0 Å². The van der Waals surface area contributed by atoms with Crippen LogP contribution in [0.25, 0.3) is 0 Å². The lowest BCUT2D eigenvalue weighted by atomic mass is 10.2. The largest absolute Gasteiger partial charge is 0.353 e. The molecule has 1 fully saturated rings. The minimum atomic E-state index is 0.0227. The number of ketones is 1. The molecule has 16 heavy (non-hydrogen) atoms. The van der Waals surface area contributed by atoms with E-state index in [4.69, 9.17) is 0 Å². The van der Waals surface area contributed by atoms with Crippen molar-refractivity contribution in [1.82, 2.24) is 14.9 Å². The second-order valence-corrected chi connectivity index (χ2v) is 4.11. The third-order valence-corrected chi connectivity index (χ3v) is 2.87. The molecule has 0 amide bonds. The van der Waals surface area contributed by atoms with E-state index in [9.17, 15) is 4.79 Å². The lowest BCUT2D eigenvalue weighted by molar-refractivity contribution is 0.101. The number of aromatic nitrogens is 2. The highest BCUT2D eigenvalue weighted by Gasteiger charge is 2.19. The number of piperazine rings is 1. The first-order valence-corrected chi connectivity index (χ1v) is 5.43. The Bertz CT molecular complexity index is 385. The molecular weight excluding hydrogens is 204 g/mol. The monoisotopic (exact) mass is 220 g/mol. The molecule has 2 heterocycles. The normalized spacial score (nSPS) is 17.5. The summed E-state index contributed by atoms with van der Waals surface area (Å²) >= 11 is 0. The van der Waals surface area contributed by atoms with Crippen molar-refractivity contribution in [2.24, 2.45) is 0 Å². The summed E-state index contributed by atoms with van der Waals surface area (Å²) in [5.74, 6) is 0.796. The van der Waals surface area contributed by atoms with Crippen LogP contribution in [0.5, 0.6) is 0 Å². The van der Waals surface area contributed by atoms with Gasteiger partial charge < -0.3 is 9.80 Å². The van der Waals surface area contributed by atoms with Crippen molar-refractivity contribution in [3.05, 3.63) is 18.1 Å². The fourth-order valence-corrected chi connectivity index (χ4v) is 1.84. The fraction of sp³-hybridized carbons (Fsp3) is 0.545. The van der Waals surface area contributed by atoms with Crippen molar-refractivity contribution >= 4 is 11.6 Å². The van der Waals surface area contributed by atoms with Gasteiger partial charge in [0.2, 0.25) is 0 Å². The summed E-state index contributed by atoms with van der Waals surface area (Å²) in [6, 6.07) is 0. The third kappa shape index (κ3) is 2.19. The van der Waals surface area contributed by atoms with E-state index >= 15 is 0 Å². The van der Waals surface area contributed by atoms with Crippen LogP contribution in [0.15, 0.2) is 12.5 Å². The Kier molecular flexibility index (Phi) is 3.14. The number of hydrogen-bond donors (Lipinski definition) is 0. The minimum Gasteiger partial charge on any atom is -0.353 e. The molecule has 1 saturated heterocycles. The molecule has 0 N–H and O–H groups in total. The van der Waals surface area contributed by atoms with Crippen LogP contribution >= 0.6 is 0 Å². The highest BCUT2D eigenvalue weighted by molar-refractivity contribution is 5.98. The van der Waals surface area contributed by atoms with Crippen molar-refractivity contribution < 1.29 is 4.79 Å². The van der Waals surface area contributed by atoms with Gasteiger partial charge in [-0.05, 0) is 14.0 Å². The molecule has 0 atom stereocenters. The first-order valence-electron chi connectivity index (χ1n) is 5.43. The Labute approximate surface area is 95.1 Å². The lowest BCUT2D eigenvalue weighted by Gasteiger charge is -2.33. The number of carbonyl (C=O) groups is 1. The van der Waals surface area contributed by atoms with Gasteiger partial charge in [-0.3, -0.25) is 4.79 Å². The number of likely N-dealkylation sites (N-methyl/N-ethyl adjacent to an activating group) is 1. The number of carbonyl (C=O) groups excluding carboxylic acids is 1. The summed E-state index contributed by atoms with van der Waals surface area (Å²) in [6.45, 7) is 5.38. The molecule has 5 heteroatoms. The Morgan fingerprint density at radius 2 is 2.00 bits per heavy atom. The average Bonchev–Trinajstić information content (AvgIpc) is 2.30. The summed E-state index contributed by atoms with van der Waals surface area (Å²) < 4.78 is 0. The molecule has 0 saturated carbocycles. The molecule has 1 aromatic heterocycles. The third-order valence-electron chi connectivity index (χ3n) is 2.87. The Hall–Kier alpha value is -1.49. The first-order chi connectivity index (χ1) is 7.68. The Morgan fingerprint density at radius 3 is 2.62 bits per heavy atom. The predicted molar refractivity (Wildman–Crippen MR) is 61.7 cm³/mol. The van der Waals surface area contributed by atoms with Gasteiger partial charge in [-0.15, -0.1) is 0 Å². The molecular formula is C11H16N4O. The maximum atomic E-state index is 11.5. The van der Waals surface area contributed by atoms with E-state index in [0.29, 0.717) is 5.56 Å².